The van der Waals surface area contributed by atoms with E-state index in [0.29, 0.717) is 5.56 Å². The molecule has 1 aliphatic carbocycles. The molecule has 7 nitrogen and oxygen atoms in total. The summed E-state index contributed by atoms with van der Waals surface area (Å²) in [5.74, 6) is -2.20. The summed E-state index contributed by atoms with van der Waals surface area (Å²) in [5, 5.41) is 2.81. The molecule has 4 rings (SSSR count). The van der Waals surface area contributed by atoms with Crippen molar-refractivity contribution in [2.24, 2.45) is 0 Å². The van der Waals surface area contributed by atoms with Crippen molar-refractivity contribution in [1.82, 2.24) is 10.2 Å². The Morgan fingerprint density at radius 2 is 1.62 bits per heavy atom. The van der Waals surface area contributed by atoms with Gasteiger partial charge in [0, 0.05) is 19.0 Å². The lowest BCUT2D eigenvalue weighted by molar-refractivity contribution is -0.140. The minimum absolute atomic E-state index is 0.00486. The molecule has 0 radical (unpaired) electrons. The van der Waals surface area contributed by atoms with E-state index in [-0.39, 0.29) is 35.6 Å². The zero-order chi connectivity index (χ0) is 30.3. The maximum atomic E-state index is 14.1. The topological polar surface area (TPSA) is 86.8 Å². The van der Waals surface area contributed by atoms with Gasteiger partial charge in [0.15, 0.2) is 0 Å². The average Bonchev–Trinajstić information content (AvgIpc) is 2.96. The fraction of sp³-hybridized carbons (Fsp3) is 0.355. The third-order valence-corrected chi connectivity index (χ3v) is 8.79. The second kappa shape index (κ2) is 14.1. The Hall–Kier alpha value is -3.50. The molecule has 1 N–H and O–H groups in total. The summed E-state index contributed by atoms with van der Waals surface area (Å²) in [6.07, 6.45) is 5.87. The number of anilines is 1. The standard InChI is InChI=1S/C31H34ClF2N3O4S/c1-42(40,41)37(26-16-17-28(34)27(32)19-26)21-30(38)36(20-23-12-14-24(33)15-13-23)29(18-22-8-4-2-5-9-22)31(39)35-25-10-6-3-7-11-25/h2,4-5,8-9,12-17,19,25,29H,3,6-7,10-11,18,20-21H2,1H3,(H,35,39). The van der Waals surface area contributed by atoms with E-state index >= 15 is 0 Å². The van der Waals surface area contributed by atoms with Crippen LogP contribution in [0.15, 0.2) is 72.8 Å². The number of hydrogen-bond donors (Lipinski definition) is 1. The number of carbonyl (C=O) groups excluding carboxylic acids is 2. The van der Waals surface area contributed by atoms with E-state index in [1.807, 2.05) is 30.3 Å². The number of sulfonamides is 1. The van der Waals surface area contributed by atoms with Crippen molar-refractivity contribution in [2.75, 3.05) is 17.1 Å². The molecule has 1 atom stereocenters. The van der Waals surface area contributed by atoms with Crippen molar-refractivity contribution in [3.05, 3.63) is 101 Å². The van der Waals surface area contributed by atoms with Crippen LogP contribution >= 0.6 is 11.6 Å². The number of nitrogens with zero attached hydrogens (tertiary/aromatic N) is 2. The normalized spacial score (nSPS) is 14.7. The molecule has 3 aromatic rings. The molecule has 0 spiro atoms. The second-order valence-corrected chi connectivity index (χ2v) is 12.9. The van der Waals surface area contributed by atoms with Crippen molar-refractivity contribution in [1.29, 1.82) is 0 Å². The van der Waals surface area contributed by atoms with Crippen LogP contribution in [-0.2, 0) is 32.6 Å². The SMILES string of the molecule is CS(=O)(=O)N(CC(=O)N(Cc1ccc(F)cc1)C(Cc1ccccc1)C(=O)NC1CCCCC1)c1ccc(F)c(Cl)c1. The molecule has 2 amide bonds. The van der Waals surface area contributed by atoms with E-state index < -0.39 is 40.2 Å². The quantitative estimate of drug-likeness (QED) is 0.309. The highest BCUT2D eigenvalue weighted by Gasteiger charge is 2.34. The predicted octanol–water partition coefficient (Wildman–Crippen LogP) is 5.47. The van der Waals surface area contributed by atoms with Crippen molar-refractivity contribution < 1.29 is 26.8 Å². The smallest absolute Gasteiger partial charge is 0.244 e. The molecule has 0 heterocycles. The van der Waals surface area contributed by atoms with E-state index in [4.69, 9.17) is 11.6 Å². The van der Waals surface area contributed by atoms with E-state index in [9.17, 15) is 26.8 Å². The van der Waals surface area contributed by atoms with Gasteiger partial charge >= 0.3 is 0 Å². The van der Waals surface area contributed by atoms with Crippen molar-refractivity contribution in [3.63, 3.8) is 0 Å². The van der Waals surface area contributed by atoms with Gasteiger partial charge in [-0.25, -0.2) is 17.2 Å². The summed E-state index contributed by atoms with van der Waals surface area (Å²) in [6.45, 7) is -0.736. The Balaban J connectivity index is 1.72. The summed E-state index contributed by atoms with van der Waals surface area (Å²) in [4.78, 5) is 29.3. The Morgan fingerprint density at radius 3 is 2.24 bits per heavy atom. The molecular weight excluding hydrogens is 584 g/mol. The summed E-state index contributed by atoms with van der Waals surface area (Å²) < 4.78 is 54.1. The number of halogens is 3. The number of benzene rings is 3. The van der Waals surface area contributed by atoms with Crippen molar-refractivity contribution in [3.8, 4) is 0 Å². The van der Waals surface area contributed by atoms with Gasteiger partial charge in [-0.15, -0.1) is 0 Å². The molecule has 1 aliphatic rings. The molecule has 0 saturated heterocycles. The third kappa shape index (κ3) is 8.51. The van der Waals surface area contributed by atoms with Crippen LogP contribution < -0.4 is 9.62 Å². The molecule has 3 aromatic carbocycles. The molecule has 0 bridgehead atoms. The van der Waals surface area contributed by atoms with Crippen molar-refractivity contribution >= 4 is 39.1 Å². The first-order chi connectivity index (χ1) is 20.0. The van der Waals surface area contributed by atoms with Crippen LogP contribution in [0.1, 0.15) is 43.2 Å². The Labute approximate surface area is 250 Å². The summed E-state index contributed by atoms with van der Waals surface area (Å²) >= 11 is 5.93. The highest BCUT2D eigenvalue weighted by molar-refractivity contribution is 7.92. The van der Waals surface area contributed by atoms with Gasteiger partial charge in [-0.3, -0.25) is 13.9 Å². The number of hydrogen-bond acceptors (Lipinski definition) is 4. The number of nitrogens with one attached hydrogen (secondary N) is 1. The van der Waals surface area contributed by atoms with Crippen LogP contribution in [0.4, 0.5) is 14.5 Å². The van der Waals surface area contributed by atoms with E-state index in [0.717, 1.165) is 60.4 Å². The van der Waals surface area contributed by atoms with E-state index in [2.05, 4.69) is 5.32 Å². The third-order valence-electron chi connectivity index (χ3n) is 7.36. The Bertz CT molecular complexity index is 1480. The molecule has 1 fully saturated rings. The second-order valence-electron chi connectivity index (χ2n) is 10.6. The minimum Gasteiger partial charge on any atom is -0.352 e. The van der Waals surface area contributed by atoms with E-state index in [1.54, 1.807) is 0 Å². The Kier molecular flexibility index (Phi) is 10.6. The van der Waals surface area contributed by atoms with Gasteiger partial charge in [-0.05, 0) is 54.3 Å². The van der Waals surface area contributed by atoms with Crippen LogP contribution in [0.3, 0.4) is 0 Å². The lowest BCUT2D eigenvalue weighted by Crippen LogP contribution is -2.55. The molecule has 11 heteroatoms. The maximum absolute atomic E-state index is 14.1. The average molecular weight is 618 g/mol. The first-order valence-corrected chi connectivity index (χ1v) is 16.0. The molecule has 224 valence electrons. The van der Waals surface area contributed by atoms with Gasteiger partial charge in [-0.1, -0.05) is 73.3 Å². The summed E-state index contributed by atoms with van der Waals surface area (Å²) in [6, 6.07) is 17.1. The maximum Gasteiger partial charge on any atom is 0.244 e. The van der Waals surface area contributed by atoms with Gasteiger partial charge in [0.25, 0.3) is 0 Å². The van der Waals surface area contributed by atoms with Crippen LogP contribution in [0.2, 0.25) is 5.02 Å². The fourth-order valence-electron chi connectivity index (χ4n) is 5.14. The van der Waals surface area contributed by atoms with Crippen LogP contribution in [0.5, 0.6) is 0 Å². The monoisotopic (exact) mass is 617 g/mol. The molecule has 1 saturated carbocycles. The number of carbonyl (C=O) groups is 2. The van der Waals surface area contributed by atoms with Crippen LogP contribution in [-0.4, -0.2) is 50.0 Å². The first kappa shape index (κ1) is 31.4. The molecule has 0 aromatic heterocycles. The lowest BCUT2D eigenvalue weighted by Gasteiger charge is -2.35. The van der Waals surface area contributed by atoms with Gasteiger partial charge in [-0.2, -0.15) is 0 Å². The van der Waals surface area contributed by atoms with Crippen molar-refractivity contribution in [2.45, 2.75) is 57.2 Å². The van der Waals surface area contributed by atoms with Crippen LogP contribution in [0.25, 0.3) is 0 Å². The first-order valence-electron chi connectivity index (χ1n) is 13.8. The van der Waals surface area contributed by atoms with Gasteiger partial charge in [0.1, 0.15) is 24.2 Å². The summed E-state index contributed by atoms with van der Waals surface area (Å²) in [7, 11) is -4.03. The molecule has 1 unspecified atom stereocenters. The summed E-state index contributed by atoms with van der Waals surface area (Å²) in [5.41, 5.74) is 1.37. The van der Waals surface area contributed by atoms with Gasteiger partial charge < -0.3 is 10.2 Å². The number of rotatable bonds is 11. The number of amides is 2. The predicted molar refractivity (Wildman–Crippen MR) is 159 cm³/mol. The largest absolute Gasteiger partial charge is 0.352 e. The lowest BCUT2D eigenvalue weighted by atomic mass is 9.94. The highest BCUT2D eigenvalue weighted by Crippen LogP contribution is 2.26. The zero-order valence-electron chi connectivity index (χ0n) is 23.3. The zero-order valence-corrected chi connectivity index (χ0v) is 24.9. The fourth-order valence-corrected chi connectivity index (χ4v) is 6.15. The van der Waals surface area contributed by atoms with E-state index in [1.165, 1.54) is 35.2 Å². The Morgan fingerprint density at radius 1 is 0.952 bits per heavy atom. The molecule has 0 aliphatic heterocycles. The molecular formula is C31H34ClF2N3O4S. The van der Waals surface area contributed by atoms with Gasteiger partial charge in [0.05, 0.1) is 17.0 Å². The molecule has 42 heavy (non-hydrogen) atoms. The van der Waals surface area contributed by atoms with Gasteiger partial charge in [0.2, 0.25) is 21.8 Å². The highest BCUT2D eigenvalue weighted by atomic mass is 35.5. The van der Waals surface area contributed by atoms with Crippen LogP contribution in [0, 0.1) is 11.6 Å². The minimum atomic E-state index is -4.03.